The number of piperidine rings is 1. The van der Waals surface area contributed by atoms with Crippen molar-refractivity contribution in [3.05, 3.63) is 30.3 Å². The molecule has 6 heteroatoms. The van der Waals surface area contributed by atoms with E-state index in [0.717, 1.165) is 57.6 Å². The van der Waals surface area contributed by atoms with Gasteiger partial charge in [0.25, 0.3) is 0 Å². The molecule has 0 N–H and O–H groups in total. The first-order valence-corrected chi connectivity index (χ1v) is 11.4. The molecule has 0 spiro atoms. The summed E-state index contributed by atoms with van der Waals surface area (Å²) >= 11 is 0. The van der Waals surface area contributed by atoms with Crippen LogP contribution in [0.3, 0.4) is 0 Å². The summed E-state index contributed by atoms with van der Waals surface area (Å²) < 4.78 is 11.6. The lowest BCUT2D eigenvalue weighted by Gasteiger charge is -2.36. The van der Waals surface area contributed by atoms with Crippen molar-refractivity contribution in [2.45, 2.75) is 32.6 Å². The van der Waals surface area contributed by atoms with E-state index in [9.17, 15) is 9.59 Å². The molecule has 3 heterocycles. The summed E-state index contributed by atoms with van der Waals surface area (Å²) in [7, 11) is 0. The van der Waals surface area contributed by atoms with Gasteiger partial charge in [0.1, 0.15) is 5.75 Å². The molecule has 4 rings (SSSR count). The van der Waals surface area contributed by atoms with Gasteiger partial charge in [0.15, 0.2) is 0 Å². The Morgan fingerprint density at radius 1 is 1.00 bits per heavy atom. The van der Waals surface area contributed by atoms with Gasteiger partial charge in [-0.05, 0) is 49.7 Å². The zero-order chi connectivity index (χ0) is 20.9. The first kappa shape index (κ1) is 21.2. The second-order valence-corrected chi connectivity index (χ2v) is 9.02. The fourth-order valence-electron chi connectivity index (χ4n) is 5.35. The lowest BCUT2D eigenvalue weighted by Crippen LogP contribution is -2.41. The summed E-state index contributed by atoms with van der Waals surface area (Å²) in [5.74, 6) is 2.77. The van der Waals surface area contributed by atoms with Crippen LogP contribution < -0.4 is 4.74 Å². The molecule has 2 amide bonds. The first-order valence-electron chi connectivity index (χ1n) is 11.4. The molecule has 0 aromatic heterocycles. The van der Waals surface area contributed by atoms with E-state index in [1.54, 1.807) is 6.92 Å². The summed E-state index contributed by atoms with van der Waals surface area (Å²) in [6.07, 6.45) is 3.71. The van der Waals surface area contributed by atoms with E-state index in [4.69, 9.17) is 9.47 Å². The Labute approximate surface area is 179 Å². The number of ether oxygens (including phenoxy) is 2. The van der Waals surface area contributed by atoms with Crippen molar-refractivity contribution in [3.8, 4) is 5.75 Å². The van der Waals surface area contributed by atoms with Crippen molar-refractivity contribution in [2.75, 3.05) is 46.0 Å². The second-order valence-electron chi connectivity index (χ2n) is 9.02. The zero-order valence-electron chi connectivity index (χ0n) is 18.0. The van der Waals surface area contributed by atoms with Crippen LogP contribution in [-0.4, -0.2) is 67.6 Å². The third-order valence-electron chi connectivity index (χ3n) is 7.17. The van der Waals surface area contributed by atoms with Gasteiger partial charge < -0.3 is 19.3 Å². The smallest absolute Gasteiger partial charge is 0.225 e. The topological polar surface area (TPSA) is 59.1 Å². The third-order valence-corrected chi connectivity index (χ3v) is 7.17. The number of para-hydroxylation sites is 1. The normalized spacial score (nSPS) is 26.0. The van der Waals surface area contributed by atoms with Crippen LogP contribution in [0.4, 0.5) is 0 Å². The van der Waals surface area contributed by atoms with Crippen molar-refractivity contribution in [2.24, 2.45) is 23.7 Å². The number of amides is 2. The lowest BCUT2D eigenvalue weighted by atomic mass is 9.78. The molecule has 0 aliphatic carbocycles. The average Bonchev–Trinajstić information content (AvgIpc) is 3.23. The minimum Gasteiger partial charge on any atom is -0.493 e. The standard InChI is InChI=1S/C24H34N2O4/c1-18(27)25-11-7-19(8-12-25)23-16-26(24(28)20-9-13-29-14-10-20)15-21(23)17-30-22-5-3-2-4-6-22/h2-6,19-21,23H,7-17H2,1H3/t21-,23-/m0/s1. The van der Waals surface area contributed by atoms with Crippen molar-refractivity contribution in [3.63, 3.8) is 0 Å². The van der Waals surface area contributed by atoms with E-state index in [0.29, 0.717) is 43.5 Å². The van der Waals surface area contributed by atoms with Gasteiger partial charge in [-0.1, -0.05) is 18.2 Å². The van der Waals surface area contributed by atoms with Gasteiger partial charge >= 0.3 is 0 Å². The minimum atomic E-state index is 0.104. The fourth-order valence-corrected chi connectivity index (χ4v) is 5.35. The summed E-state index contributed by atoms with van der Waals surface area (Å²) in [5.41, 5.74) is 0. The maximum atomic E-state index is 13.2. The third kappa shape index (κ3) is 4.97. The summed E-state index contributed by atoms with van der Waals surface area (Å²) in [6, 6.07) is 9.93. The minimum absolute atomic E-state index is 0.104. The Kier molecular flexibility index (Phi) is 6.93. The molecule has 164 valence electrons. The molecule has 1 aromatic rings. The molecule has 0 saturated carbocycles. The lowest BCUT2D eigenvalue weighted by molar-refractivity contribution is -0.137. The van der Waals surface area contributed by atoms with Crippen LogP contribution in [0.5, 0.6) is 5.75 Å². The van der Waals surface area contributed by atoms with E-state index in [2.05, 4.69) is 4.90 Å². The van der Waals surface area contributed by atoms with Crippen molar-refractivity contribution < 1.29 is 19.1 Å². The number of hydrogen-bond acceptors (Lipinski definition) is 4. The average molecular weight is 415 g/mol. The number of nitrogens with zero attached hydrogens (tertiary/aromatic N) is 2. The quantitative estimate of drug-likeness (QED) is 0.743. The molecule has 0 bridgehead atoms. The van der Waals surface area contributed by atoms with Gasteiger partial charge in [0, 0.05) is 58.2 Å². The summed E-state index contributed by atoms with van der Waals surface area (Å²) in [6.45, 7) is 6.94. The predicted octanol–water partition coefficient (Wildman–Crippen LogP) is 2.83. The number of carbonyl (C=O) groups is 2. The molecular weight excluding hydrogens is 380 g/mol. The monoisotopic (exact) mass is 414 g/mol. The van der Waals surface area contributed by atoms with Crippen molar-refractivity contribution in [1.82, 2.24) is 9.80 Å². The molecule has 3 saturated heterocycles. The molecular formula is C24H34N2O4. The maximum Gasteiger partial charge on any atom is 0.225 e. The van der Waals surface area contributed by atoms with Crippen molar-refractivity contribution >= 4 is 11.8 Å². The Morgan fingerprint density at radius 3 is 2.37 bits per heavy atom. The van der Waals surface area contributed by atoms with Crippen LogP contribution in [0.25, 0.3) is 0 Å². The van der Waals surface area contributed by atoms with Crippen LogP contribution in [0, 0.1) is 23.7 Å². The van der Waals surface area contributed by atoms with Gasteiger partial charge in [-0.15, -0.1) is 0 Å². The largest absolute Gasteiger partial charge is 0.493 e. The van der Waals surface area contributed by atoms with Gasteiger partial charge in [-0.25, -0.2) is 0 Å². The Hall–Kier alpha value is -2.08. The Balaban J connectivity index is 1.42. The Bertz CT molecular complexity index is 711. The SMILES string of the molecule is CC(=O)N1CCC([C@@H]2CN(C(=O)C3CCOCC3)C[C@H]2COc2ccccc2)CC1. The molecule has 1 aromatic carbocycles. The summed E-state index contributed by atoms with van der Waals surface area (Å²) in [5, 5.41) is 0. The number of rotatable bonds is 5. The summed E-state index contributed by atoms with van der Waals surface area (Å²) in [4.78, 5) is 28.9. The van der Waals surface area contributed by atoms with Crippen LogP contribution in [0.15, 0.2) is 30.3 Å². The van der Waals surface area contributed by atoms with E-state index >= 15 is 0 Å². The number of likely N-dealkylation sites (tertiary alicyclic amines) is 2. The first-order chi connectivity index (χ1) is 14.6. The molecule has 2 atom stereocenters. The van der Waals surface area contributed by atoms with Crippen LogP contribution in [0.2, 0.25) is 0 Å². The van der Waals surface area contributed by atoms with Crippen LogP contribution in [0.1, 0.15) is 32.6 Å². The van der Waals surface area contributed by atoms with E-state index in [1.165, 1.54) is 0 Å². The number of hydrogen-bond donors (Lipinski definition) is 0. The van der Waals surface area contributed by atoms with E-state index in [-0.39, 0.29) is 11.8 Å². The second kappa shape index (κ2) is 9.82. The molecule has 3 aliphatic rings. The highest BCUT2D eigenvalue weighted by atomic mass is 16.5. The maximum absolute atomic E-state index is 13.2. The molecule has 6 nitrogen and oxygen atoms in total. The van der Waals surface area contributed by atoms with E-state index < -0.39 is 0 Å². The number of benzene rings is 1. The fraction of sp³-hybridized carbons (Fsp3) is 0.667. The van der Waals surface area contributed by atoms with Gasteiger partial charge in [0.2, 0.25) is 11.8 Å². The Morgan fingerprint density at radius 2 is 1.70 bits per heavy atom. The van der Waals surface area contributed by atoms with Gasteiger partial charge in [-0.3, -0.25) is 9.59 Å². The molecule has 0 unspecified atom stereocenters. The van der Waals surface area contributed by atoms with Gasteiger partial charge in [-0.2, -0.15) is 0 Å². The highest BCUT2D eigenvalue weighted by Crippen LogP contribution is 2.37. The van der Waals surface area contributed by atoms with Crippen LogP contribution >= 0.6 is 0 Å². The molecule has 30 heavy (non-hydrogen) atoms. The molecule has 0 radical (unpaired) electrons. The van der Waals surface area contributed by atoms with Gasteiger partial charge in [0.05, 0.1) is 6.61 Å². The molecule has 3 aliphatic heterocycles. The predicted molar refractivity (Wildman–Crippen MR) is 114 cm³/mol. The van der Waals surface area contributed by atoms with Crippen molar-refractivity contribution in [1.29, 1.82) is 0 Å². The highest BCUT2D eigenvalue weighted by Gasteiger charge is 2.42. The number of carbonyl (C=O) groups excluding carboxylic acids is 2. The molecule has 3 fully saturated rings. The highest BCUT2D eigenvalue weighted by molar-refractivity contribution is 5.79. The van der Waals surface area contributed by atoms with Crippen LogP contribution in [-0.2, 0) is 14.3 Å². The zero-order valence-corrected chi connectivity index (χ0v) is 18.0. The van der Waals surface area contributed by atoms with E-state index in [1.807, 2.05) is 35.2 Å².